The lowest BCUT2D eigenvalue weighted by atomic mass is 10.1. The van der Waals surface area contributed by atoms with Crippen LogP contribution in [-0.2, 0) is 16.1 Å². The highest BCUT2D eigenvalue weighted by Gasteiger charge is 2.46. The van der Waals surface area contributed by atoms with Gasteiger partial charge in [0.1, 0.15) is 0 Å². The average molecular weight is 237 g/mol. The number of hydrogen-bond donors (Lipinski definition) is 0. The van der Waals surface area contributed by atoms with E-state index in [-0.39, 0.29) is 13.0 Å². The van der Waals surface area contributed by atoms with Crippen molar-refractivity contribution in [3.63, 3.8) is 0 Å². The van der Waals surface area contributed by atoms with Crippen LogP contribution in [-0.4, -0.2) is 36.7 Å². The number of alkyl halides is 1. The third-order valence-electron chi connectivity index (χ3n) is 3.10. The molecule has 1 aliphatic rings. The van der Waals surface area contributed by atoms with E-state index in [1.165, 1.54) is 7.11 Å². The molecule has 1 aromatic rings. The molecule has 1 atom stereocenters. The standard InChI is InChI=1S/C13H16FNO2/c1-17-12(16)13(14)7-8-15(10-13)9-11-5-3-2-4-6-11/h2-6H,7-10H2,1H3/t13-/m0/s1. The Balaban J connectivity index is 1.97. The van der Waals surface area contributed by atoms with Gasteiger partial charge in [-0.1, -0.05) is 30.3 Å². The first-order valence-corrected chi connectivity index (χ1v) is 5.68. The minimum Gasteiger partial charge on any atom is -0.467 e. The van der Waals surface area contributed by atoms with Crippen molar-refractivity contribution in [3.8, 4) is 0 Å². The first-order valence-electron chi connectivity index (χ1n) is 5.68. The van der Waals surface area contributed by atoms with Crippen LogP contribution >= 0.6 is 0 Å². The van der Waals surface area contributed by atoms with Crippen LogP contribution in [0.4, 0.5) is 4.39 Å². The van der Waals surface area contributed by atoms with Gasteiger partial charge in [-0.2, -0.15) is 0 Å². The summed E-state index contributed by atoms with van der Waals surface area (Å²) < 4.78 is 18.6. The van der Waals surface area contributed by atoms with Crippen LogP contribution in [0.25, 0.3) is 0 Å². The highest BCUT2D eigenvalue weighted by atomic mass is 19.1. The number of halogens is 1. The van der Waals surface area contributed by atoms with Crippen LogP contribution in [0.15, 0.2) is 30.3 Å². The van der Waals surface area contributed by atoms with Gasteiger partial charge in [-0.05, 0) is 5.56 Å². The molecule has 1 heterocycles. The van der Waals surface area contributed by atoms with E-state index in [1.807, 2.05) is 35.2 Å². The van der Waals surface area contributed by atoms with Gasteiger partial charge in [-0.3, -0.25) is 4.90 Å². The van der Waals surface area contributed by atoms with E-state index in [9.17, 15) is 9.18 Å². The molecule has 0 saturated carbocycles. The molecule has 0 unspecified atom stereocenters. The molecule has 0 N–H and O–H groups in total. The largest absolute Gasteiger partial charge is 0.467 e. The van der Waals surface area contributed by atoms with E-state index in [1.54, 1.807) is 0 Å². The van der Waals surface area contributed by atoms with E-state index in [4.69, 9.17) is 0 Å². The summed E-state index contributed by atoms with van der Waals surface area (Å²) in [6.07, 6.45) is 0.215. The molecule has 1 saturated heterocycles. The monoisotopic (exact) mass is 237 g/mol. The van der Waals surface area contributed by atoms with Crippen LogP contribution < -0.4 is 0 Å². The predicted octanol–water partition coefficient (Wildman–Crippen LogP) is 1.77. The maximum Gasteiger partial charge on any atom is 0.345 e. The molecular formula is C13H16FNO2. The van der Waals surface area contributed by atoms with E-state index in [0.717, 1.165) is 5.56 Å². The Morgan fingerprint density at radius 1 is 1.47 bits per heavy atom. The summed E-state index contributed by atoms with van der Waals surface area (Å²) in [5.74, 6) is -0.756. The second-order valence-corrected chi connectivity index (χ2v) is 4.40. The summed E-state index contributed by atoms with van der Waals surface area (Å²) in [7, 11) is 1.23. The van der Waals surface area contributed by atoms with Crippen LogP contribution in [0, 0.1) is 0 Å². The molecule has 0 spiro atoms. The maximum atomic E-state index is 14.1. The number of nitrogens with zero attached hydrogens (tertiary/aromatic N) is 1. The summed E-state index contributed by atoms with van der Waals surface area (Å²) in [5.41, 5.74) is -0.703. The summed E-state index contributed by atoms with van der Waals surface area (Å²) >= 11 is 0. The SMILES string of the molecule is COC(=O)[C@]1(F)CCN(Cc2ccccc2)C1. The third kappa shape index (κ3) is 2.64. The maximum absolute atomic E-state index is 14.1. The summed E-state index contributed by atoms with van der Waals surface area (Å²) in [5, 5.41) is 0. The van der Waals surface area contributed by atoms with Crippen molar-refractivity contribution < 1.29 is 13.9 Å². The highest BCUT2D eigenvalue weighted by Crippen LogP contribution is 2.27. The fourth-order valence-corrected chi connectivity index (χ4v) is 2.17. The van der Waals surface area contributed by atoms with Gasteiger partial charge in [-0.25, -0.2) is 9.18 Å². The van der Waals surface area contributed by atoms with E-state index < -0.39 is 11.6 Å². The zero-order valence-electron chi connectivity index (χ0n) is 9.86. The zero-order valence-corrected chi connectivity index (χ0v) is 9.86. The molecule has 0 aliphatic carbocycles. The van der Waals surface area contributed by atoms with Crippen molar-refractivity contribution in [1.29, 1.82) is 0 Å². The first kappa shape index (κ1) is 12.0. The van der Waals surface area contributed by atoms with Crippen LogP contribution in [0.5, 0.6) is 0 Å². The lowest BCUT2D eigenvalue weighted by Crippen LogP contribution is -2.37. The number of rotatable bonds is 3. The fourth-order valence-electron chi connectivity index (χ4n) is 2.17. The lowest BCUT2D eigenvalue weighted by Gasteiger charge is -2.18. The normalized spacial score (nSPS) is 24.8. The summed E-state index contributed by atoms with van der Waals surface area (Å²) in [6.45, 7) is 1.37. The minimum atomic E-state index is -1.83. The number of esters is 1. The predicted molar refractivity (Wildman–Crippen MR) is 62.2 cm³/mol. The quantitative estimate of drug-likeness (QED) is 0.750. The molecular weight excluding hydrogens is 221 g/mol. The number of carbonyl (C=O) groups is 1. The molecule has 3 nitrogen and oxygen atoms in total. The molecule has 2 rings (SSSR count). The lowest BCUT2D eigenvalue weighted by molar-refractivity contribution is -0.153. The van der Waals surface area contributed by atoms with E-state index in [2.05, 4.69) is 4.74 Å². The molecule has 0 amide bonds. The van der Waals surface area contributed by atoms with Gasteiger partial charge in [0, 0.05) is 26.1 Å². The van der Waals surface area contributed by atoms with Crippen molar-refractivity contribution >= 4 is 5.97 Å². The average Bonchev–Trinajstić information content (AvgIpc) is 2.72. The van der Waals surface area contributed by atoms with Gasteiger partial charge in [0.2, 0.25) is 5.67 Å². The Morgan fingerprint density at radius 2 is 2.18 bits per heavy atom. The molecule has 0 bridgehead atoms. The second kappa shape index (κ2) is 4.84. The highest BCUT2D eigenvalue weighted by molar-refractivity contribution is 5.80. The Hall–Kier alpha value is -1.42. The third-order valence-corrected chi connectivity index (χ3v) is 3.10. The number of ether oxygens (including phenoxy) is 1. The van der Waals surface area contributed by atoms with Crippen molar-refractivity contribution in [3.05, 3.63) is 35.9 Å². The molecule has 1 aliphatic heterocycles. The molecule has 4 heteroatoms. The fraction of sp³-hybridized carbons (Fsp3) is 0.462. The van der Waals surface area contributed by atoms with Gasteiger partial charge >= 0.3 is 5.97 Å². The molecule has 0 radical (unpaired) electrons. The van der Waals surface area contributed by atoms with Gasteiger partial charge in [0.15, 0.2) is 0 Å². The Morgan fingerprint density at radius 3 is 2.82 bits per heavy atom. The molecule has 17 heavy (non-hydrogen) atoms. The Kier molecular flexibility index (Phi) is 3.43. The number of hydrogen-bond acceptors (Lipinski definition) is 3. The smallest absolute Gasteiger partial charge is 0.345 e. The van der Waals surface area contributed by atoms with Crippen molar-refractivity contribution in [2.24, 2.45) is 0 Å². The molecule has 92 valence electrons. The van der Waals surface area contributed by atoms with Crippen LogP contribution in [0.1, 0.15) is 12.0 Å². The Bertz CT molecular complexity index is 396. The summed E-state index contributed by atoms with van der Waals surface area (Å²) in [4.78, 5) is 13.2. The van der Waals surface area contributed by atoms with Gasteiger partial charge in [-0.15, -0.1) is 0 Å². The Labute approximate surface area is 100 Å². The molecule has 0 aromatic heterocycles. The minimum absolute atomic E-state index is 0.120. The van der Waals surface area contributed by atoms with E-state index >= 15 is 0 Å². The van der Waals surface area contributed by atoms with Gasteiger partial charge in [0.05, 0.1) is 7.11 Å². The van der Waals surface area contributed by atoms with Crippen LogP contribution in [0.3, 0.4) is 0 Å². The van der Waals surface area contributed by atoms with Crippen molar-refractivity contribution in [1.82, 2.24) is 4.90 Å². The number of benzene rings is 1. The van der Waals surface area contributed by atoms with E-state index in [0.29, 0.717) is 13.1 Å². The first-order chi connectivity index (χ1) is 8.14. The molecule has 1 aromatic carbocycles. The topological polar surface area (TPSA) is 29.5 Å². The van der Waals surface area contributed by atoms with Crippen molar-refractivity contribution in [2.75, 3.05) is 20.2 Å². The number of likely N-dealkylation sites (tertiary alicyclic amines) is 1. The van der Waals surface area contributed by atoms with Gasteiger partial charge < -0.3 is 4.74 Å². The van der Waals surface area contributed by atoms with Gasteiger partial charge in [0.25, 0.3) is 0 Å². The van der Waals surface area contributed by atoms with Crippen LogP contribution in [0.2, 0.25) is 0 Å². The van der Waals surface area contributed by atoms with Crippen molar-refractivity contribution in [2.45, 2.75) is 18.6 Å². The molecule has 1 fully saturated rings. The number of carbonyl (C=O) groups excluding carboxylic acids is 1. The second-order valence-electron chi connectivity index (χ2n) is 4.40. The zero-order chi connectivity index (χ0) is 12.3. The summed E-state index contributed by atoms with van der Waals surface area (Å²) in [6, 6.07) is 9.84. The number of methoxy groups -OCH3 is 1.